The van der Waals surface area contributed by atoms with Gasteiger partial charge >= 0.3 is 0 Å². The Hall–Kier alpha value is -3.28. The molecule has 150 valence electrons. The highest BCUT2D eigenvalue weighted by atomic mass is 19.1. The smallest absolute Gasteiger partial charge is 0.273 e. The summed E-state index contributed by atoms with van der Waals surface area (Å²) in [6.45, 7) is 6.50. The first-order chi connectivity index (χ1) is 13.9. The Bertz CT molecular complexity index is 976. The first kappa shape index (κ1) is 20.5. The van der Waals surface area contributed by atoms with Crippen molar-refractivity contribution in [2.45, 2.75) is 39.9 Å². The highest BCUT2D eigenvalue weighted by Gasteiger charge is 2.21. The Labute approximate surface area is 170 Å². The van der Waals surface area contributed by atoms with Crippen molar-refractivity contribution >= 4 is 11.9 Å². The van der Waals surface area contributed by atoms with Gasteiger partial charge in [0.2, 0.25) is 5.95 Å². The summed E-state index contributed by atoms with van der Waals surface area (Å²) in [5, 5.41) is 3.02. The topological polar surface area (TPSA) is 58.1 Å². The summed E-state index contributed by atoms with van der Waals surface area (Å²) in [6, 6.07) is 18.1. The maximum absolute atomic E-state index is 13.8. The standard InChI is InChI=1S/C23H25FN4O/c1-16(2)28(15-18-9-5-4-6-10-18)22(29)21-13-17(3)26-23(27-21)25-14-19-11-7-8-12-20(19)24/h4-13,16H,14-15H2,1-3H3,(H,25,26,27). The number of halogens is 1. The number of anilines is 1. The molecule has 0 fully saturated rings. The zero-order valence-electron chi connectivity index (χ0n) is 16.9. The lowest BCUT2D eigenvalue weighted by Crippen LogP contribution is -2.37. The summed E-state index contributed by atoms with van der Waals surface area (Å²) in [4.78, 5) is 23.7. The van der Waals surface area contributed by atoms with Crippen LogP contribution in [0.25, 0.3) is 0 Å². The molecule has 1 aromatic heterocycles. The van der Waals surface area contributed by atoms with Gasteiger partial charge in [-0.25, -0.2) is 14.4 Å². The van der Waals surface area contributed by atoms with Crippen molar-refractivity contribution in [3.63, 3.8) is 0 Å². The van der Waals surface area contributed by atoms with Gasteiger partial charge < -0.3 is 10.2 Å². The third-order valence-electron chi connectivity index (χ3n) is 4.55. The molecule has 1 amide bonds. The number of hydrogen-bond donors (Lipinski definition) is 1. The first-order valence-corrected chi connectivity index (χ1v) is 9.62. The molecular formula is C23H25FN4O. The van der Waals surface area contributed by atoms with E-state index in [9.17, 15) is 9.18 Å². The summed E-state index contributed by atoms with van der Waals surface area (Å²) in [6.07, 6.45) is 0. The number of hydrogen-bond acceptors (Lipinski definition) is 4. The molecule has 0 saturated carbocycles. The number of aryl methyl sites for hydroxylation is 1. The highest BCUT2D eigenvalue weighted by molar-refractivity contribution is 5.92. The third-order valence-corrected chi connectivity index (χ3v) is 4.55. The predicted octanol–water partition coefficient (Wildman–Crippen LogP) is 4.59. The number of benzene rings is 2. The Balaban J connectivity index is 1.79. The Kier molecular flexibility index (Phi) is 6.54. The van der Waals surface area contributed by atoms with Gasteiger partial charge in [0.05, 0.1) is 0 Å². The molecule has 5 nitrogen and oxygen atoms in total. The number of rotatable bonds is 7. The van der Waals surface area contributed by atoms with E-state index in [2.05, 4.69) is 15.3 Å². The number of nitrogens with zero attached hydrogens (tertiary/aromatic N) is 3. The van der Waals surface area contributed by atoms with E-state index in [-0.39, 0.29) is 24.3 Å². The Morgan fingerprint density at radius 2 is 1.76 bits per heavy atom. The van der Waals surface area contributed by atoms with Crippen LogP contribution in [0.2, 0.25) is 0 Å². The Morgan fingerprint density at radius 3 is 2.45 bits per heavy atom. The van der Waals surface area contributed by atoms with Gasteiger partial charge in [-0.2, -0.15) is 0 Å². The molecule has 0 spiro atoms. The number of aromatic nitrogens is 2. The van der Waals surface area contributed by atoms with Crippen molar-refractivity contribution in [1.29, 1.82) is 0 Å². The zero-order valence-corrected chi connectivity index (χ0v) is 16.9. The minimum atomic E-state index is -0.294. The molecule has 0 aliphatic carbocycles. The molecule has 0 atom stereocenters. The van der Waals surface area contributed by atoms with Crippen molar-refractivity contribution in [2.24, 2.45) is 0 Å². The zero-order chi connectivity index (χ0) is 20.8. The van der Waals surface area contributed by atoms with E-state index in [1.165, 1.54) is 6.07 Å². The second-order valence-corrected chi connectivity index (χ2v) is 7.18. The molecule has 1 N–H and O–H groups in total. The van der Waals surface area contributed by atoms with Gasteiger partial charge in [-0.15, -0.1) is 0 Å². The van der Waals surface area contributed by atoms with E-state index in [0.29, 0.717) is 29.4 Å². The lowest BCUT2D eigenvalue weighted by Gasteiger charge is -2.26. The van der Waals surface area contributed by atoms with Crippen LogP contribution < -0.4 is 5.32 Å². The summed E-state index contributed by atoms with van der Waals surface area (Å²) in [7, 11) is 0. The van der Waals surface area contributed by atoms with Crippen molar-refractivity contribution in [2.75, 3.05) is 5.32 Å². The fourth-order valence-corrected chi connectivity index (χ4v) is 2.99. The largest absolute Gasteiger partial charge is 0.350 e. The van der Waals surface area contributed by atoms with E-state index in [1.807, 2.05) is 51.1 Å². The molecule has 0 aliphatic heterocycles. The summed E-state index contributed by atoms with van der Waals surface area (Å²) in [5.74, 6) is -0.152. The lowest BCUT2D eigenvalue weighted by molar-refractivity contribution is 0.0684. The fraction of sp³-hybridized carbons (Fsp3) is 0.261. The van der Waals surface area contributed by atoms with Crippen LogP contribution in [-0.4, -0.2) is 26.8 Å². The van der Waals surface area contributed by atoms with Gasteiger partial charge in [-0.3, -0.25) is 4.79 Å². The van der Waals surface area contributed by atoms with Crippen LogP contribution in [0.1, 0.15) is 41.2 Å². The molecule has 1 heterocycles. The quantitative estimate of drug-likeness (QED) is 0.639. The maximum atomic E-state index is 13.8. The molecule has 2 aromatic carbocycles. The number of carbonyl (C=O) groups is 1. The summed E-state index contributed by atoms with van der Waals surface area (Å²) >= 11 is 0. The van der Waals surface area contributed by atoms with Gasteiger partial charge in [-0.05, 0) is 38.5 Å². The average molecular weight is 392 g/mol. The average Bonchev–Trinajstić information content (AvgIpc) is 2.71. The van der Waals surface area contributed by atoms with Gasteiger partial charge in [0.1, 0.15) is 11.5 Å². The predicted molar refractivity (Wildman–Crippen MR) is 112 cm³/mol. The second kappa shape index (κ2) is 9.28. The number of carbonyl (C=O) groups excluding carboxylic acids is 1. The van der Waals surface area contributed by atoms with E-state index in [0.717, 1.165) is 5.56 Å². The first-order valence-electron chi connectivity index (χ1n) is 9.62. The molecule has 0 bridgehead atoms. The van der Waals surface area contributed by atoms with E-state index < -0.39 is 0 Å². The number of nitrogens with one attached hydrogen (secondary N) is 1. The van der Waals surface area contributed by atoms with Crippen LogP contribution >= 0.6 is 0 Å². The Morgan fingerprint density at radius 1 is 1.07 bits per heavy atom. The highest BCUT2D eigenvalue weighted by Crippen LogP contribution is 2.15. The summed E-state index contributed by atoms with van der Waals surface area (Å²) in [5.41, 5.74) is 2.55. The van der Waals surface area contributed by atoms with Crippen LogP contribution in [0.15, 0.2) is 60.7 Å². The second-order valence-electron chi connectivity index (χ2n) is 7.18. The minimum absolute atomic E-state index is 0.00722. The monoisotopic (exact) mass is 392 g/mol. The van der Waals surface area contributed by atoms with Crippen molar-refractivity contribution in [3.05, 3.63) is 89.0 Å². The van der Waals surface area contributed by atoms with Crippen LogP contribution in [0.5, 0.6) is 0 Å². The maximum Gasteiger partial charge on any atom is 0.273 e. The van der Waals surface area contributed by atoms with Gasteiger partial charge in [0.15, 0.2) is 0 Å². The SMILES string of the molecule is Cc1cc(C(=O)N(Cc2ccccc2)C(C)C)nc(NCc2ccccc2F)n1. The summed E-state index contributed by atoms with van der Waals surface area (Å²) < 4.78 is 13.8. The fourth-order valence-electron chi connectivity index (χ4n) is 2.99. The molecule has 0 aliphatic rings. The van der Waals surface area contributed by atoms with Crippen molar-refractivity contribution < 1.29 is 9.18 Å². The van der Waals surface area contributed by atoms with E-state index >= 15 is 0 Å². The minimum Gasteiger partial charge on any atom is -0.350 e. The molecular weight excluding hydrogens is 367 g/mol. The number of amides is 1. The lowest BCUT2D eigenvalue weighted by atomic mass is 10.1. The van der Waals surface area contributed by atoms with Crippen molar-refractivity contribution in [3.8, 4) is 0 Å². The van der Waals surface area contributed by atoms with Crippen LogP contribution in [0.3, 0.4) is 0 Å². The van der Waals surface area contributed by atoms with Gasteiger partial charge in [-0.1, -0.05) is 48.5 Å². The molecule has 6 heteroatoms. The molecule has 0 radical (unpaired) electrons. The van der Waals surface area contributed by atoms with Gasteiger partial charge in [0.25, 0.3) is 5.91 Å². The van der Waals surface area contributed by atoms with E-state index in [1.54, 1.807) is 29.2 Å². The molecule has 3 aromatic rings. The van der Waals surface area contributed by atoms with Crippen molar-refractivity contribution in [1.82, 2.24) is 14.9 Å². The van der Waals surface area contributed by atoms with Crippen LogP contribution in [-0.2, 0) is 13.1 Å². The molecule has 0 saturated heterocycles. The molecule has 0 unspecified atom stereocenters. The van der Waals surface area contributed by atoms with Crippen LogP contribution in [0.4, 0.5) is 10.3 Å². The van der Waals surface area contributed by atoms with E-state index in [4.69, 9.17) is 0 Å². The normalized spacial score (nSPS) is 10.8. The third kappa shape index (κ3) is 5.38. The molecule has 3 rings (SSSR count). The molecule has 29 heavy (non-hydrogen) atoms. The van der Waals surface area contributed by atoms with Crippen LogP contribution in [0, 0.1) is 12.7 Å². The van der Waals surface area contributed by atoms with Gasteiger partial charge in [0, 0.05) is 30.4 Å².